The predicted molar refractivity (Wildman–Crippen MR) is 85.0 cm³/mol. The van der Waals surface area contributed by atoms with Gasteiger partial charge in [-0.05, 0) is 44.5 Å². The van der Waals surface area contributed by atoms with E-state index in [1.54, 1.807) is 17.2 Å². The van der Waals surface area contributed by atoms with Crippen LogP contribution >= 0.6 is 11.3 Å². The number of thiophene rings is 1. The molecule has 6 heteroatoms. The summed E-state index contributed by atoms with van der Waals surface area (Å²) in [6.45, 7) is 6.46. The summed E-state index contributed by atoms with van der Waals surface area (Å²) in [5, 5.41) is 7.68. The first-order valence-electron chi connectivity index (χ1n) is 6.78. The molecule has 0 fully saturated rings. The van der Waals surface area contributed by atoms with Gasteiger partial charge in [0.2, 0.25) is 0 Å². The Kier molecular flexibility index (Phi) is 3.70. The van der Waals surface area contributed by atoms with Crippen molar-refractivity contribution in [1.29, 1.82) is 0 Å². The summed E-state index contributed by atoms with van der Waals surface area (Å²) in [5.41, 5.74) is 2.27. The van der Waals surface area contributed by atoms with E-state index >= 15 is 0 Å². The van der Waals surface area contributed by atoms with Crippen molar-refractivity contribution in [2.45, 2.75) is 26.8 Å². The van der Waals surface area contributed by atoms with Crippen molar-refractivity contribution in [2.75, 3.05) is 5.32 Å². The second kappa shape index (κ2) is 5.65. The largest absolute Gasteiger partial charge is 0.375 e. The normalized spacial score (nSPS) is 12.3. The SMILES string of the molecule is Cc1cc(C(C)Nc2cccnc2-n2cncn2)c(C)s1. The summed E-state index contributed by atoms with van der Waals surface area (Å²) in [7, 11) is 0. The lowest BCUT2D eigenvalue weighted by Crippen LogP contribution is -2.10. The van der Waals surface area contributed by atoms with Crippen LogP contribution in [0.15, 0.2) is 37.1 Å². The van der Waals surface area contributed by atoms with E-state index in [-0.39, 0.29) is 6.04 Å². The topological polar surface area (TPSA) is 55.6 Å². The summed E-state index contributed by atoms with van der Waals surface area (Å²) < 4.78 is 1.67. The van der Waals surface area contributed by atoms with E-state index in [1.807, 2.05) is 23.5 Å². The number of nitrogens with zero attached hydrogens (tertiary/aromatic N) is 4. The van der Waals surface area contributed by atoms with Crippen molar-refractivity contribution in [3.8, 4) is 5.82 Å². The van der Waals surface area contributed by atoms with Crippen LogP contribution in [0.4, 0.5) is 5.69 Å². The van der Waals surface area contributed by atoms with E-state index in [4.69, 9.17) is 0 Å². The van der Waals surface area contributed by atoms with Crippen molar-refractivity contribution in [1.82, 2.24) is 19.7 Å². The van der Waals surface area contributed by atoms with Gasteiger partial charge in [0.15, 0.2) is 5.82 Å². The second-order valence-corrected chi connectivity index (χ2v) is 6.41. The number of pyridine rings is 1. The predicted octanol–water partition coefficient (Wildman–Crippen LogP) is 3.51. The van der Waals surface area contributed by atoms with Crippen molar-refractivity contribution in [2.24, 2.45) is 0 Å². The smallest absolute Gasteiger partial charge is 0.178 e. The van der Waals surface area contributed by atoms with Gasteiger partial charge in [0.05, 0.1) is 5.69 Å². The Hall–Kier alpha value is -2.21. The molecule has 3 aromatic rings. The van der Waals surface area contributed by atoms with Crippen molar-refractivity contribution in [3.63, 3.8) is 0 Å². The van der Waals surface area contributed by atoms with Gasteiger partial charge >= 0.3 is 0 Å². The first-order chi connectivity index (χ1) is 10.1. The molecule has 0 aliphatic heterocycles. The van der Waals surface area contributed by atoms with E-state index < -0.39 is 0 Å². The van der Waals surface area contributed by atoms with Crippen LogP contribution in [0.25, 0.3) is 5.82 Å². The quantitative estimate of drug-likeness (QED) is 0.801. The van der Waals surface area contributed by atoms with Gasteiger partial charge in [-0.25, -0.2) is 14.6 Å². The number of anilines is 1. The lowest BCUT2D eigenvalue weighted by Gasteiger charge is -2.17. The molecule has 3 aromatic heterocycles. The van der Waals surface area contributed by atoms with Crippen molar-refractivity contribution >= 4 is 17.0 Å². The van der Waals surface area contributed by atoms with Crippen LogP contribution in [0.2, 0.25) is 0 Å². The molecular formula is C15H17N5S. The Morgan fingerprint density at radius 2 is 2.19 bits per heavy atom. The first-order valence-corrected chi connectivity index (χ1v) is 7.60. The Morgan fingerprint density at radius 3 is 2.86 bits per heavy atom. The molecule has 108 valence electrons. The third-order valence-corrected chi connectivity index (χ3v) is 4.32. The van der Waals surface area contributed by atoms with E-state index in [0.717, 1.165) is 11.5 Å². The fourth-order valence-corrected chi connectivity index (χ4v) is 3.42. The standard InChI is InChI=1S/C15H17N5S/c1-10-7-13(12(3)21-10)11(2)19-14-5-4-6-17-15(14)20-9-16-8-18-20/h4-9,11,19H,1-3H3. The van der Waals surface area contributed by atoms with Crippen LogP contribution < -0.4 is 5.32 Å². The molecule has 0 saturated carbocycles. The zero-order valence-corrected chi connectivity index (χ0v) is 13.1. The summed E-state index contributed by atoms with van der Waals surface area (Å²) in [5.74, 6) is 0.756. The number of aromatic nitrogens is 4. The molecule has 5 nitrogen and oxygen atoms in total. The van der Waals surface area contributed by atoms with Gasteiger partial charge in [-0.2, -0.15) is 5.10 Å². The molecule has 0 amide bonds. The molecule has 1 N–H and O–H groups in total. The highest BCUT2D eigenvalue weighted by atomic mass is 32.1. The van der Waals surface area contributed by atoms with E-state index in [1.165, 1.54) is 21.6 Å². The maximum absolute atomic E-state index is 4.40. The lowest BCUT2D eigenvalue weighted by molar-refractivity contribution is 0.827. The van der Waals surface area contributed by atoms with Gasteiger partial charge < -0.3 is 5.32 Å². The van der Waals surface area contributed by atoms with Gasteiger partial charge in [-0.15, -0.1) is 11.3 Å². The summed E-state index contributed by atoms with van der Waals surface area (Å²) >= 11 is 1.83. The monoisotopic (exact) mass is 299 g/mol. The highest BCUT2D eigenvalue weighted by molar-refractivity contribution is 7.12. The maximum Gasteiger partial charge on any atom is 0.178 e. The Balaban J connectivity index is 1.90. The van der Waals surface area contributed by atoms with Crippen molar-refractivity contribution < 1.29 is 0 Å². The molecule has 1 atom stereocenters. The second-order valence-electron chi connectivity index (χ2n) is 4.95. The molecule has 0 spiro atoms. The molecule has 0 aliphatic carbocycles. The molecule has 3 heterocycles. The minimum atomic E-state index is 0.210. The number of aryl methyl sites for hydroxylation is 2. The van der Waals surface area contributed by atoms with Gasteiger partial charge in [-0.3, -0.25) is 0 Å². The van der Waals surface area contributed by atoms with Crippen LogP contribution in [0.3, 0.4) is 0 Å². The highest BCUT2D eigenvalue weighted by Gasteiger charge is 2.14. The molecule has 1 unspecified atom stereocenters. The Morgan fingerprint density at radius 1 is 1.33 bits per heavy atom. The summed E-state index contributed by atoms with van der Waals surface area (Å²) in [4.78, 5) is 11.1. The van der Waals surface area contributed by atoms with Crippen LogP contribution in [-0.2, 0) is 0 Å². The van der Waals surface area contributed by atoms with Crippen LogP contribution in [0.1, 0.15) is 28.3 Å². The summed E-state index contributed by atoms with van der Waals surface area (Å²) in [6.07, 6.45) is 4.92. The molecule has 0 aromatic carbocycles. The Labute approximate surface area is 127 Å². The van der Waals surface area contributed by atoms with Gasteiger partial charge in [0.1, 0.15) is 12.7 Å². The summed E-state index contributed by atoms with van der Waals surface area (Å²) in [6, 6.07) is 6.38. The number of rotatable bonds is 4. The molecule has 21 heavy (non-hydrogen) atoms. The van der Waals surface area contributed by atoms with E-state index in [9.17, 15) is 0 Å². The first kappa shape index (κ1) is 13.8. The molecule has 0 saturated heterocycles. The molecule has 0 aliphatic rings. The highest BCUT2D eigenvalue weighted by Crippen LogP contribution is 2.29. The van der Waals surface area contributed by atoms with Gasteiger partial charge in [0.25, 0.3) is 0 Å². The van der Waals surface area contributed by atoms with Crippen LogP contribution in [0.5, 0.6) is 0 Å². The minimum absolute atomic E-state index is 0.210. The lowest BCUT2D eigenvalue weighted by atomic mass is 10.1. The maximum atomic E-state index is 4.40. The van der Waals surface area contributed by atoms with Crippen LogP contribution in [0, 0.1) is 13.8 Å². The van der Waals surface area contributed by atoms with Gasteiger partial charge in [0, 0.05) is 22.0 Å². The molecule has 3 rings (SSSR count). The van der Waals surface area contributed by atoms with E-state index in [2.05, 4.69) is 47.2 Å². The molecule has 0 bridgehead atoms. The number of hydrogen-bond donors (Lipinski definition) is 1. The number of hydrogen-bond acceptors (Lipinski definition) is 5. The van der Waals surface area contributed by atoms with Crippen molar-refractivity contribution in [3.05, 3.63) is 52.4 Å². The van der Waals surface area contributed by atoms with E-state index in [0.29, 0.717) is 0 Å². The fraction of sp³-hybridized carbons (Fsp3) is 0.267. The number of nitrogens with one attached hydrogen (secondary N) is 1. The zero-order chi connectivity index (χ0) is 14.8. The molecule has 0 radical (unpaired) electrons. The fourth-order valence-electron chi connectivity index (χ4n) is 2.40. The zero-order valence-electron chi connectivity index (χ0n) is 12.2. The average Bonchev–Trinajstić information content (AvgIpc) is 3.09. The molecular weight excluding hydrogens is 282 g/mol. The minimum Gasteiger partial charge on any atom is -0.375 e. The van der Waals surface area contributed by atoms with Gasteiger partial charge in [-0.1, -0.05) is 0 Å². The Bertz CT molecular complexity index is 732. The third-order valence-electron chi connectivity index (χ3n) is 3.34. The third kappa shape index (κ3) is 2.80. The van der Waals surface area contributed by atoms with Crippen LogP contribution in [-0.4, -0.2) is 19.7 Å². The average molecular weight is 299 g/mol.